The van der Waals surface area contributed by atoms with Gasteiger partial charge in [-0.1, -0.05) is 49.1 Å². The Morgan fingerprint density at radius 3 is 2.33 bits per heavy atom. The average molecular weight is 141 g/mol. The number of rotatable bonds is 3. The predicted molar refractivity (Wildman–Crippen MR) is 43.5 cm³/mol. The molecule has 0 rings (SSSR count). The van der Waals surface area contributed by atoms with Crippen LogP contribution in [0.4, 0.5) is 0 Å². The summed E-state index contributed by atoms with van der Waals surface area (Å²) < 4.78 is 0. The molecule has 9 heavy (non-hydrogen) atoms. The van der Waals surface area contributed by atoms with E-state index in [2.05, 4.69) is 13.2 Å². The van der Waals surface area contributed by atoms with Crippen LogP contribution in [0.3, 0.4) is 0 Å². The third kappa shape index (κ3) is 5.12. The van der Waals surface area contributed by atoms with Crippen molar-refractivity contribution in [2.75, 3.05) is 0 Å². The molecule has 0 saturated heterocycles. The second kappa shape index (κ2) is 5.39. The Morgan fingerprint density at radius 1 is 1.22 bits per heavy atom. The Kier molecular flexibility index (Phi) is 4.94. The smallest absolute Gasteiger partial charge is 0.0400 e. The van der Waals surface area contributed by atoms with Gasteiger partial charge < -0.3 is 0 Å². The van der Waals surface area contributed by atoms with Gasteiger partial charge in [0, 0.05) is 5.03 Å². The van der Waals surface area contributed by atoms with E-state index in [9.17, 15) is 0 Å². The maximum atomic E-state index is 5.56. The van der Waals surface area contributed by atoms with Crippen LogP contribution in [0.2, 0.25) is 0 Å². The molecule has 1 heteroatoms. The molecular weight excluding hydrogens is 132 g/mol. The first kappa shape index (κ1) is 8.25. The first-order chi connectivity index (χ1) is 4.31. The lowest BCUT2D eigenvalue weighted by molar-refractivity contribution is 1.86. The van der Waals surface area contributed by atoms with Crippen molar-refractivity contribution in [3.63, 3.8) is 0 Å². The maximum Gasteiger partial charge on any atom is 0.0400 e. The monoisotopic (exact) mass is 140 g/mol. The van der Waals surface area contributed by atoms with Crippen LogP contribution in [0.1, 0.15) is 0 Å². The number of allylic oxidation sites excluding steroid dienone is 6. The third-order valence-corrected chi connectivity index (χ3v) is 0.978. The molecule has 0 N–H and O–H groups in total. The van der Waals surface area contributed by atoms with Gasteiger partial charge in [0.15, 0.2) is 0 Å². The van der Waals surface area contributed by atoms with Gasteiger partial charge >= 0.3 is 0 Å². The van der Waals surface area contributed by atoms with Crippen molar-refractivity contribution < 1.29 is 0 Å². The number of hydrogen-bond donors (Lipinski definition) is 0. The summed E-state index contributed by atoms with van der Waals surface area (Å²) in [4.78, 5) is 0. The quantitative estimate of drug-likeness (QED) is 0.529. The van der Waals surface area contributed by atoms with Crippen LogP contribution in [0.25, 0.3) is 0 Å². The van der Waals surface area contributed by atoms with Crippen molar-refractivity contribution in [3.8, 4) is 0 Å². The van der Waals surface area contributed by atoms with Crippen molar-refractivity contribution in [2.45, 2.75) is 0 Å². The second-order valence-electron chi connectivity index (χ2n) is 1.38. The zero-order chi connectivity index (χ0) is 7.11. The molecule has 0 saturated carbocycles. The molecule has 0 spiro atoms. The van der Waals surface area contributed by atoms with Crippen molar-refractivity contribution in [2.24, 2.45) is 0 Å². The third-order valence-electron chi connectivity index (χ3n) is 0.698. The first-order valence-corrected chi connectivity index (χ1v) is 2.96. The summed E-state index contributed by atoms with van der Waals surface area (Å²) in [6, 6.07) is 0. The molecular formula is C8H9Cl. The SMILES string of the molecule is C=CC=CC=C(Cl)C=C. The molecule has 0 aromatic carbocycles. The highest BCUT2D eigenvalue weighted by atomic mass is 35.5. The molecule has 48 valence electrons. The normalized spacial score (nSPS) is 11.9. The van der Waals surface area contributed by atoms with E-state index in [0.29, 0.717) is 5.03 Å². The highest BCUT2D eigenvalue weighted by Gasteiger charge is 1.74. The van der Waals surface area contributed by atoms with Gasteiger partial charge in [-0.2, -0.15) is 0 Å². The molecule has 0 bridgehead atoms. The molecule has 0 aromatic heterocycles. The second-order valence-corrected chi connectivity index (χ2v) is 1.81. The fraction of sp³-hybridized carbons (Fsp3) is 0. The van der Waals surface area contributed by atoms with Crippen molar-refractivity contribution in [3.05, 3.63) is 48.6 Å². The van der Waals surface area contributed by atoms with E-state index in [1.807, 2.05) is 0 Å². The van der Waals surface area contributed by atoms with E-state index in [-0.39, 0.29) is 0 Å². The molecule has 0 aliphatic heterocycles. The molecule has 0 aliphatic rings. The lowest BCUT2D eigenvalue weighted by atomic mass is 10.4. The minimum absolute atomic E-state index is 0.633. The molecule has 0 amide bonds. The number of halogens is 1. The molecule has 0 fully saturated rings. The molecule has 0 aliphatic carbocycles. The van der Waals surface area contributed by atoms with Crippen LogP contribution >= 0.6 is 11.6 Å². The van der Waals surface area contributed by atoms with Gasteiger partial charge in [-0.15, -0.1) is 0 Å². The molecule has 0 unspecified atom stereocenters. The summed E-state index contributed by atoms with van der Waals surface area (Å²) >= 11 is 5.56. The van der Waals surface area contributed by atoms with E-state index in [1.54, 1.807) is 30.4 Å². The van der Waals surface area contributed by atoms with Crippen LogP contribution in [0.5, 0.6) is 0 Å². The van der Waals surface area contributed by atoms with Crippen molar-refractivity contribution in [1.29, 1.82) is 0 Å². The van der Waals surface area contributed by atoms with Gasteiger partial charge in [-0.3, -0.25) is 0 Å². The molecule has 0 aromatic rings. The maximum absolute atomic E-state index is 5.56. The highest BCUT2D eigenvalue weighted by Crippen LogP contribution is 2.00. The lowest BCUT2D eigenvalue weighted by Gasteiger charge is -1.78. The topological polar surface area (TPSA) is 0 Å². The van der Waals surface area contributed by atoms with Crippen LogP contribution < -0.4 is 0 Å². The Hall–Kier alpha value is -0.750. The van der Waals surface area contributed by atoms with Crippen LogP contribution in [-0.2, 0) is 0 Å². The summed E-state index contributed by atoms with van der Waals surface area (Å²) in [5.74, 6) is 0. The summed E-state index contributed by atoms with van der Waals surface area (Å²) in [6.07, 6.45) is 8.61. The van der Waals surface area contributed by atoms with Crippen molar-refractivity contribution in [1.82, 2.24) is 0 Å². The molecule has 0 atom stereocenters. The van der Waals surface area contributed by atoms with E-state index in [0.717, 1.165) is 0 Å². The largest absolute Gasteiger partial charge is 0.0991 e. The predicted octanol–water partition coefficient (Wildman–Crippen LogP) is 3.04. The minimum Gasteiger partial charge on any atom is -0.0991 e. The summed E-state index contributed by atoms with van der Waals surface area (Å²) in [5.41, 5.74) is 0. The van der Waals surface area contributed by atoms with Gasteiger partial charge in [0.25, 0.3) is 0 Å². The van der Waals surface area contributed by atoms with Gasteiger partial charge in [0.1, 0.15) is 0 Å². The Morgan fingerprint density at radius 2 is 1.89 bits per heavy atom. The standard InChI is InChI=1S/C8H9Cl/c1-3-5-6-7-8(9)4-2/h3-7H,1-2H2. The summed E-state index contributed by atoms with van der Waals surface area (Å²) in [5, 5.41) is 0.633. The Bertz CT molecular complexity index is 152. The Balaban J connectivity index is 3.81. The molecule has 0 nitrogen and oxygen atoms in total. The highest BCUT2D eigenvalue weighted by molar-refractivity contribution is 6.31. The summed E-state index contributed by atoms with van der Waals surface area (Å²) in [7, 11) is 0. The Labute approximate surface area is 60.8 Å². The molecule has 0 heterocycles. The van der Waals surface area contributed by atoms with Crippen molar-refractivity contribution >= 4 is 11.6 Å². The van der Waals surface area contributed by atoms with Crippen LogP contribution in [0, 0.1) is 0 Å². The van der Waals surface area contributed by atoms with Gasteiger partial charge in [-0.05, 0) is 6.08 Å². The zero-order valence-electron chi connectivity index (χ0n) is 5.18. The first-order valence-electron chi connectivity index (χ1n) is 2.58. The molecule has 0 radical (unpaired) electrons. The van der Waals surface area contributed by atoms with E-state index < -0.39 is 0 Å². The minimum atomic E-state index is 0.633. The van der Waals surface area contributed by atoms with Gasteiger partial charge in [0.05, 0.1) is 0 Å². The fourth-order valence-electron chi connectivity index (χ4n) is 0.294. The van der Waals surface area contributed by atoms with Crippen LogP contribution in [0.15, 0.2) is 48.6 Å². The van der Waals surface area contributed by atoms with E-state index in [1.165, 1.54) is 0 Å². The van der Waals surface area contributed by atoms with Gasteiger partial charge in [-0.25, -0.2) is 0 Å². The summed E-state index contributed by atoms with van der Waals surface area (Å²) in [6.45, 7) is 6.98. The van der Waals surface area contributed by atoms with Crippen LogP contribution in [-0.4, -0.2) is 0 Å². The van der Waals surface area contributed by atoms with E-state index >= 15 is 0 Å². The zero-order valence-corrected chi connectivity index (χ0v) is 5.93. The van der Waals surface area contributed by atoms with E-state index in [4.69, 9.17) is 11.6 Å². The van der Waals surface area contributed by atoms with Gasteiger partial charge in [0.2, 0.25) is 0 Å². The number of hydrogen-bond acceptors (Lipinski definition) is 0. The average Bonchev–Trinajstić information content (AvgIpc) is 1.89. The lowest BCUT2D eigenvalue weighted by Crippen LogP contribution is -1.56. The fourth-order valence-corrected chi connectivity index (χ4v) is 0.367.